The molecule has 0 radical (unpaired) electrons. The Kier molecular flexibility index (Phi) is 6.95. The average molecular weight is 388 g/mol. The molecular formula is C19H20N2O5S. The van der Waals surface area contributed by atoms with Crippen molar-refractivity contribution in [3.63, 3.8) is 0 Å². The van der Waals surface area contributed by atoms with E-state index in [-0.39, 0.29) is 11.4 Å². The van der Waals surface area contributed by atoms with Gasteiger partial charge >= 0.3 is 5.97 Å². The van der Waals surface area contributed by atoms with E-state index in [1.54, 1.807) is 12.1 Å². The maximum atomic E-state index is 12.2. The van der Waals surface area contributed by atoms with E-state index in [0.29, 0.717) is 10.6 Å². The Hall–Kier alpha value is -2.87. The molecule has 0 heterocycles. The zero-order chi connectivity index (χ0) is 20.0. The third kappa shape index (κ3) is 6.10. The Bertz CT molecular complexity index is 852. The van der Waals surface area contributed by atoms with Gasteiger partial charge in [-0.3, -0.25) is 19.7 Å². The number of nitro groups is 1. The van der Waals surface area contributed by atoms with E-state index in [1.807, 2.05) is 32.0 Å². The van der Waals surface area contributed by atoms with Crippen molar-refractivity contribution in [3.05, 3.63) is 63.7 Å². The van der Waals surface area contributed by atoms with Crippen LogP contribution < -0.4 is 5.32 Å². The predicted molar refractivity (Wildman–Crippen MR) is 104 cm³/mol. The number of nitro benzene ring substituents is 1. The minimum Gasteiger partial charge on any atom is -0.452 e. The van der Waals surface area contributed by atoms with Crippen molar-refractivity contribution in [2.75, 3.05) is 11.1 Å². The van der Waals surface area contributed by atoms with Crippen LogP contribution in [0.15, 0.2) is 47.4 Å². The maximum absolute atomic E-state index is 12.2. The first-order chi connectivity index (χ1) is 12.8. The van der Waals surface area contributed by atoms with Crippen LogP contribution in [0.5, 0.6) is 0 Å². The maximum Gasteiger partial charge on any atom is 0.317 e. The minimum absolute atomic E-state index is 0.00100. The first-order valence-corrected chi connectivity index (χ1v) is 9.19. The van der Waals surface area contributed by atoms with Gasteiger partial charge in [-0.05, 0) is 44.5 Å². The third-order valence-corrected chi connectivity index (χ3v) is 4.71. The second kappa shape index (κ2) is 9.18. The molecule has 27 heavy (non-hydrogen) atoms. The molecule has 1 N–H and O–H groups in total. The molecule has 0 unspecified atom stereocenters. The number of aryl methyl sites for hydroxylation is 2. The first kappa shape index (κ1) is 20.4. The van der Waals surface area contributed by atoms with Crippen LogP contribution in [0, 0.1) is 24.0 Å². The Morgan fingerprint density at radius 3 is 2.44 bits per heavy atom. The smallest absolute Gasteiger partial charge is 0.317 e. The third-order valence-electron chi connectivity index (χ3n) is 3.72. The zero-order valence-corrected chi connectivity index (χ0v) is 16.0. The van der Waals surface area contributed by atoms with Gasteiger partial charge in [-0.2, -0.15) is 0 Å². The van der Waals surface area contributed by atoms with Crippen LogP contribution in [-0.2, 0) is 14.3 Å². The molecule has 0 aromatic heterocycles. The van der Waals surface area contributed by atoms with Crippen LogP contribution in [-0.4, -0.2) is 28.7 Å². The number of carbonyl (C=O) groups is 2. The van der Waals surface area contributed by atoms with Crippen LogP contribution >= 0.6 is 11.8 Å². The molecule has 2 aromatic rings. The molecule has 0 aliphatic rings. The number of nitrogens with zero attached hydrogens (tertiary/aromatic N) is 1. The number of carbonyl (C=O) groups excluding carboxylic acids is 2. The van der Waals surface area contributed by atoms with Crippen molar-refractivity contribution in [2.24, 2.45) is 0 Å². The Morgan fingerprint density at radius 2 is 1.85 bits per heavy atom. The summed E-state index contributed by atoms with van der Waals surface area (Å²) in [6.45, 7) is 5.36. The van der Waals surface area contributed by atoms with Gasteiger partial charge in [0.25, 0.3) is 11.6 Å². The number of benzene rings is 2. The van der Waals surface area contributed by atoms with E-state index in [1.165, 1.54) is 30.8 Å². The second-order valence-corrected chi connectivity index (χ2v) is 7.03. The zero-order valence-electron chi connectivity index (χ0n) is 15.2. The van der Waals surface area contributed by atoms with Crippen LogP contribution in [0.2, 0.25) is 0 Å². The monoisotopic (exact) mass is 388 g/mol. The molecule has 8 heteroatoms. The molecular weight excluding hydrogens is 368 g/mol. The van der Waals surface area contributed by atoms with Gasteiger partial charge in [-0.25, -0.2) is 0 Å². The number of non-ortho nitro benzene ring substituents is 1. The van der Waals surface area contributed by atoms with E-state index in [9.17, 15) is 19.7 Å². The van der Waals surface area contributed by atoms with Gasteiger partial charge in [0.1, 0.15) is 0 Å². The number of esters is 1. The van der Waals surface area contributed by atoms with Gasteiger partial charge in [0, 0.05) is 22.7 Å². The molecule has 142 valence electrons. The second-order valence-electron chi connectivity index (χ2n) is 5.98. The molecule has 0 spiro atoms. The number of anilines is 1. The highest BCUT2D eigenvalue weighted by Gasteiger charge is 2.18. The summed E-state index contributed by atoms with van der Waals surface area (Å²) in [4.78, 5) is 35.0. The van der Waals surface area contributed by atoms with Gasteiger partial charge in [-0.1, -0.05) is 17.7 Å². The Labute approximate surface area is 161 Å². The topological polar surface area (TPSA) is 98.5 Å². The highest BCUT2D eigenvalue weighted by atomic mass is 32.2. The summed E-state index contributed by atoms with van der Waals surface area (Å²) in [5.74, 6) is -0.948. The lowest BCUT2D eigenvalue weighted by molar-refractivity contribution is -0.384. The van der Waals surface area contributed by atoms with Crippen molar-refractivity contribution in [1.29, 1.82) is 0 Å². The molecule has 0 saturated heterocycles. The molecule has 7 nitrogen and oxygen atoms in total. The average Bonchev–Trinajstić information content (AvgIpc) is 2.62. The minimum atomic E-state index is -0.935. The molecule has 0 aliphatic heterocycles. The van der Waals surface area contributed by atoms with Crippen LogP contribution in [0.3, 0.4) is 0 Å². The standard InChI is InChI=1S/C19H20N2O5S/c1-12-4-9-17(13(2)10-12)20-19(23)14(3)26-18(22)11-27-16-7-5-15(6-8-16)21(24)25/h4-10,14H,11H2,1-3H3,(H,20,23)/t14-/m0/s1. The van der Waals surface area contributed by atoms with Gasteiger partial charge in [0.05, 0.1) is 10.7 Å². The fraction of sp³-hybridized carbons (Fsp3) is 0.263. The largest absolute Gasteiger partial charge is 0.452 e. The summed E-state index contributed by atoms with van der Waals surface area (Å²) in [6, 6.07) is 11.5. The number of thioether (sulfide) groups is 1. The number of nitrogens with one attached hydrogen (secondary N) is 1. The molecule has 0 aliphatic carbocycles. The van der Waals surface area contributed by atoms with Gasteiger partial charge in [0.2, 0.25) is 0 Å². The van der Waals surface area contributed by atoms with E-state index >= 15 is 0 Å². The van der Waals surface area contributed by atoms with Crippen LogP contribution in [0.4, 0.5) is 11.4 Å². The summed E-state index contributed by atoms with van der Waals surface area (Å²) in [5.41, 5.74) is 2.68. The summed E-state index contributed by atoms with van der Waals surface area (Å²) in [5, 5.41) is 13.4. The summed E-state index contributed by atoms with van der Waals surface area (Å²) in [7, 11) is 0. The first-order valence-electron chi connectivity index (χ1n) is 8.21. The number of hydrogen-bond acceptors (Lipinski definition) is 6. The van der Waals surface area contributed by atoms with Crippen molar-refractivity contribution < 1.29 is 19.2 Å². The molecule has 0 bridgehead atoms. The van der Waals surface area contributed by atoms with Crippen LogP contribution in [0.1, 0.15) is 18.1 Å². The number of amides is 1. The lowest BCUT2D eigenvalue weighted by Gasteiger charge is -2.15. The molecule has 1 atom stereocenters. The summed E-state index contributed by atoms with van der Waals surface area (Å²) >= 11 is 1.18. The Morgan fingerprint density at radius 1 is 1.19 bits per heavy atom. The SMILES string of the molecule is Cc1ccc(NC(=O)[C@H](C)OC(=O)CSc2ccc([N+](=O)[O-])cc2)c(C)c1. The molecule has 2 aromatic carbocycles. The number of rotatable bonds is 7. The fourth-order valence-electron chi connectivity index (χ4n) is 2.28. The molecule has 2 rings (SSSR count). The molecule has 0 fully saturated rings. The normalized spacial score (nSPS) is 11.5. The number of hydrogen-bond donors (Lipinski definition) is 1. The van der Waals surface area contributed by atoms with Gasteiger partial charge < -0.3 is 10.1 Å². The van der Waals surface area contributed by atoms with Crippen molar-refractivity contribution >= 4 is 35.0 Å². The highest BCUT2D eigenvalue weighted by Crippen LogP contribution is 2.22. The van der Waals surface area contributed by atoms with E-state index in [4.69, 9.17) is 4.74 Å². The van der Waals surface area contributed by atoms with E-state index in [2.05, 4.69) is 5.32 Å². The quantitative estimate of drug-likeness (QED) is 0.335. The Balaban J connectivity index is 1.83. The van der Waals surface area contributed by atoms with Gasteiger partial charge in [0.15, 0.2) is 6.10 Å². The van der Waals surface area contributed by atoms with Crippen molar-refractivity contribution in [3.8, 4) is 0 Å². The van der Waals surface area contributed by atoms with Crippen molar-refractivity contribution in [2.45, 2.75) is 31.8 Å². The summed E-state index contributed by atoms with van der Waals surface area (Å²) in [6.07, 6.45) is -0.935. The molecule has 0 saturated carbocycles. The fourth-order valence-corrected chi connectivity index (χ4v) is 2.96. The van der Waals surface area contributed by atoms with Gasteiger partial charge in [-0.15, -0.1) is 11.8 Å². The van der Waals surface area contributed by atoms with Crippen LogP contribution in [0.25, 0.3) is 0 Å². The number of ether oxygens (including phenoxy) is 1. The van der Waals surface area contributed by atoms with Crippen molar-refractivity contribution in [1.82, 2.24) is 0 Å². The summed E-state index contributed by atoms with van der Waals surface area (Å²) < 4.78 is 5.15. The predicted octanol–water partition coefficient (Wildman–Crippen LogP) is 3.87. The lowest BCUT2D eigenvalue weighted by atomic mass is 10.1. The van der Waals surface area contributed by atoms with E-state index < -0.39 is 22.9 Å². The lowest BCUT2D eigenvalue weighted by Crippen LogP contribution is -2.30. The van der Waals surface area contributed by atoms with E-state index in [0.717, 1.165) is 11.1 Å². The highest BCUT2D eigenvalue weighted by molar-refractivity contribution is 8.00. The molecule has 1 amide bonds.